The van der Waals surface area contributed by atoms with Crippen molar-refractivity contribution in [1.29, 1.82) is 0 Å². The molecule has 3 rings (SSSR count). The minimum atomic E-state index is 0.0453. The highest BCUT2D eigenvalue weighted by Crippen LogP contribution is 2.31. The number of hydrogen-bond donors (Lipinski definition) is 3. The Bertz CT molecular complexity index is 621. The fourth-order valence-electron chi connectivity index (χ4n) is 3.99. The number of phenols is 1. The Morgan fingerprint density at radius 3 is 2.31 bits per heavy atom. The van der Waals surface area contributed by atoms with Gasteiger partial charge in [-0.2, -0.15) is 0 Å². The summed E-state index contributed by atoms with van der Waals surface area (Å²) < 4.78 is 0. The molecule has 4 heteroatoms. The van der Waals surface area contributed by atoms with Crippen molar-refractivity contribution in [2.75, 3.05) is 5.32 Å². The van der Waals surface area contributed by atoms with E-state index in [1.165, 1.54) is 63.4 Å². The molecule has 0 spiro atoms. The Morgan fingerprint density at radius 1 is 1.00 bits per heavy atom. The van der Waals surface area contributed by atoms with Gasteiger partial charge in [0.1, 0.15) is 5.75 Å². The molecule has 0 amide bonds. The summed E-state index contributed by atoms with van der Waals surface area (Å²) in [6.45, 7) is 6.57. The van der Waals surface area contributed by atoms with Crippen LogP contribution in [0.5, 0.6) is 5.75 Å². The summed E-state index contributed by atoms with van der Waals surface area (Å²) in [4.78, 5) is 4.98. The molecule has 1 aromatic rings. The van der Waals surface area contributed by atoms with Crippen molar-refractivity contribution >= 4 is 11.6 Å². The first-order valence-electron chi connectivity index (χ1n) is 10.4. The van der Waals surface area contributed by atoms with E-state index >= 15 is 0 Å². The molecule has 4 nitrogen and oxygen atoms in total. The first-order chi connectivity index (χ1) is 12.4. The van der Waals surface area contributed by atoms with E-state index < -0.39 is 0 Å². The third-order valence-electron chi connectivity index (χ3n) is 5.70. The molecule has 0 aliphatic heterocycles. The second kappa shape index (κ2) is 8.32. The third kappa shape index (κ3) is 5.15. The Labute approximate surface area is 158 Å². The molecule has 0 aromatic heterocycles. The predicted octanol–water partition coefficient (Wildman–Crippen LogP) is 5.32. The molecule has 2 aliphatic carbocycles. The second-order valence-electron chi connectivity index (χ2n) is 9.00. The van der Waals surface area contributed by atoms with E-state index in [4.69, 9.17) is 4.99 Å². The lowest BCUT2D eigenvalue weighted by atomic mass is 9.87. The smallest absolute Gasteiger partial charge is 0.196 e. The van der Waals surface area contributed by atoms with E-state index in [-0.39, 0.29) is 11.2 Å². The third-order valence-corrected chi connectivity index (χ3v) is 5.70. The van der Waals surface area contributed by atoms with Crippen LogP contribution in [0, 0.1) is 0 Å². The van der Waals surface area contributed by atoms with Crippen molar-refractivity contribution in [3.63, 3.8) is 0 Å². The number of aliphatic imine (C=N–C) groups is 1. The molecule has 144 valence electrons. The number of anilines is 1. The number of nitrogens with one attached hydrogen (secondary N) is 2. The highest BCUT2D eigenvalue weighted by atomic mass is 16.3. The van der Waals surface area contributed by atoms with Crippen LogP contribution < -0.4 is 10.6 Å². The molecule has 26 heavy (non-hydrogen) atoms. The van der Waals surface area contributed by atoms with Gasteiger partial charge in [-0.1, -0.05) is 58.9 Å². The fourth-order valence-corrected chi connectivity index (χ4v) is 3.99. The summed E-state index contributed by atoms with van der Waals surface area (Å²) in [5, 5.41) is 17.4. The molecule has 0 heterocycles. The highest BCUT2D eigenvalue weighted by Gasteiger charge is 2.20. The van der Waals surface area contributed by atoms with Gasteiger partial charge in [0, 0.05) is 6.04 Å². The van der Waals surface area contributed by atoms with Gasteiger partial charge in [0.2, 0.25) is 0 Å². The van der Waals surface area contributed by atoms with Gasteiger partial charge in [-0.25, -0.2) is 4.99 Å². The molecule has 2 saturated carbocycles. The molecule has 2 fully saturated rings. The van der Waals surface area contributed by atoms with Gasteiger partial charge in [-0.05, 0) is 48.8 Å². The van der Waals surface area contributed by atoms with Crippen molar-refractivity contribution in [2.45, 2.75) is 96.1 Å². The lowest BCUT2D eigenvalue weighted by Crippen LogP contribution is -2.41. The second-order valence-corrected chi connectivity index (χ2v) is 9.00. The zero-order chi connectivity index (χ0) is 18.6. The minimum absolute atomic E-state index is 0.0453. The van der Waals surface area contributed by atoms with Crippen LogP contribution in [0.4, 0.5) is 5.69 Å². The fraction of sp³-hybridized carbons (Fsp3) is 0.682. The molecular formula is C22H35N3O. The maximum Gasteiger partial charge on any atom is 0.196 e. The number of benzene rings is 1. The molecule has 0 unspecified atom stereocenters. The van der Waals surface area contributed by atoms with E-state index in [1.54, 1.807) is 6.07 Å². The Kier molecular flexibility index (Phi) is 6.10. The van der Waals surface area contributed by atoms with Crippen molar-refractivity contribution in [3.8, 4) is 5.75 Å². The SMILES string of the molecule is CC(C)(C)c1ccc(O)c(NC(=NC2CCCC2)NC2CCCCC2)c1. The number of guanidine groups is 1. The molecule has 3 N–H and O–H groups in total. The minimum Gasteiger partial charge on any atom is -0.506 e. The summed E-state index contributed by atoms with van der Waals surface area (Å²) >= 11 is 0. The van der Waals surface area contributed by atoms with Gasteiger partial charge in [-0.3, -0.25) is 0 Å². The lowest BCUT2D eigenvalue weighted by molar-refractivity contribution is 0.412. The van der Waals surface area contributed by atoms with Crippen molar-refractivity contribution in [3.05, 3.63) is 23.8 Å². The standard InChI is InChI=1S/C22H35N3O/c1-22(2,3)16-13-14-20(26)19(15-16)25-21(24-18-11-7-8-12-18)23-17-9-5-4-6-10-17/h13-15,17-18,26H,4-12H2,1-3H3,(H2,23,24,25). The van der Waals surface area contributed by atoms with Crippen LogP contribution in [0.15, 0.2) is 23.2 Å². The van der Waals surface area contributed by atoms with Crippen molar-refractivity contribution < 1.29 is 5.11 Å². The van der Waals surface area contributed by atoms with Crippen LogP contribution in [-0.2, 0) is 5.41 Å². The van der Waals surface area contributed by atoms with Crippen LogP contribution >= 0.6 is 0 Å². The quantitative estimate of drug-likeness (QED) is 0.390. The average Bonchev–Trinajstić information content (AvgIpc) is 3.09. The predicted molar refractivity (Wildman–Crippen MR) is 110 cm³/mol. The summed E-state index contributed by atoms with van der Waals surface area (Å²) in [6, 6.07) is 6.74. The number of hydrogen-bond acceptors (Lipinski definition) is 2. The lowest BCUT2D eigenvalue weighted by Gasteiger charge is -2.26. The summed E-state index contributed by atoms with van der Waals surface area (Å²) in [5.41, 5.74) is 2.00. The van der Waals surface area contributed by atoms with Crippen molar-refractivity contribution in [1.82, 2.24) is 5.32 Å². The Balaban J connectivity index is 1.80. The molecule has 0 bridgehead atoms. The molecular weight excluding hydrogens is 322 g/mol. The highest BCUT2D eigenvalue weighted by molar-refractivity contribution is 5.95. The van der Waals surface area contributed by atoms with E-state index in [2.05, 4.69) is 37.5 Å². The van der Waals surface area contributed by atoms with E-state index in [9.17, 15) is 5.11 Å². The van der Waals surface area contributed by atoms with E-state index in [1.807, 2.05) is 6.07 Å². The summed E-state index contributed by atoms with van der Waals surface area (Å²) in [6.07, 6.45) is 11.2. The van der Waals surface area contributed by atoms with Gasteiger partial charge in [0.25, 0.3) is 0 Å². The number of nitrogens with zero attached hydrogens (tertiary/aromatic N) is 1. The molecule has 0 saturated heterocycles. The monoisotopic (exact) mass is 357 g/mol. The summed E-state index contributed by atoms with van der Waals surface area (Å²) in [5.74, 6) is 1.12. The van der Waals surface area contributed by atoms with E-state index in [0.717, 1.165) is 11.6 Å². The van der Waals surface area contributed by atoms with Crippen LogP contribution in [-0.4, -0.2) is 23.1 Å². The zero-order valence-corrected chi connectivity index (χ0v) is 16.6. The van der Waals surface area contributed by atoms with Gasteiger partial charge < -0.3 is 15.7 Å². The maximum absolute atomic E-state index is 10.4. The van der Waals surface area contributed by atoms with E-state index in [0.29, 0.717) is 12.1 Å². The molecule has 2 aliphatic rings. The van der Waals surface area contributed by atoms with Gasteiger partial charge in [0.05, 0.1) is 11.7 Å². The zero-order valence-electron chi connectivity index (χ0n) is 16.6. The van der Waals surface area contributed by atoms with Crippen LogP contribution in [0.1, 0.15) is 84.1 Å². The van der Waals surface area contributed by atoms with Crippen molar-refractivity contribution in [2.24, 2.45) is 4.99 Å². The summed E-state index contributed by atoms with van der Waals surface area (Å²) in [7, 11) is 0. The van der Waals surface area contributed by atoms with Gasteiger partial charge in [-0.15, -0.1) is 0 Å². The number of aromatic hydroxyl groups is 1. The number of rotatable bonds is 3. The van der Waals surface area contributed by atoms with Crippen LogP contribution in [0.3, 0.4) is 0 Å². The topological polar surface area (TPSA) is 56.6 Å². The molecule has 0 radical (unpaired) electrons. The van der Waals surface area contributed by atoms with Crippen LogP contribution in [0.25, 0.3) is 0 Å². The van der Waals surface area contributed by atoms with Gasteiger partial charge >= 0.3 is 0 Å². The number of phenolic OH excluding ortho intramolecular Hbond substituents is 1. The first kappa shape index (κ1) is 19.1. The maximum atomic E-state index is 10.4. The largest absolute Gasteiger partial charge is 0.506 e. The van der Waals surface area contributed by atoms with Crippen LogP contribution in [0.2, 0.25) is 0 Å². The first-order valence-corrected chi connectivity index (χ1v) is 10.4. The van der Waals surface area contributed by atoms with Gasteiger partial charge in [0.15, 0.2) is 5.96 Å². The Hall–Kier alpha value is -1.71. The Morgan fingerprint density at radius 2 is 1.65 bits per heavy atom. The average molecular weight is 358 g/mol. The normalized spacial score (nSPS) is 20.3. The molecule has 0 atom stereocenters. The molecule has 1 aromatic carbocycles.